The predicted molar refractivity (Wildman–Crippen MR) is 71.0 cm³/mol. The van der Waals surface area contributed by atoms with Gasteiger partial charge in [-0.3, -0.25) is 9.78 Å². The first kappa shape index (κ1) is 13.1. The number of phenolic OH excluding ortho intramolecular Hbond substituents is 1. The van der Waals surface area contributed by atoms with Crippen molar-refractivity contribution in [2.75, 3.05) is 0 Å². The molecule has 0 spiro atoms. The molecule has 4 nitrogen and oxygen atoms in total. The monoisotopic (exact) mass is 257 g/mol. The van der Waals surface area contributed by atoms with Crippen LogP contribution in [0, 0.1) is 0 Å². The summed E-state index contributed by atoms with van der Waals surface area (Å²) in [5, 5.41) is 18.8. The van der Waals surface area contributed by atoms with Gasteiger partial charge in [-0.05, 0) is 35.6 Å². The fraction of sp³-hybridized carbons (Fsp3) is 0.200. The number of aromatic nitrogens is 1. The van der Waals surface area contributed by atoms with Gasteiger partial charge in [0.2, 0.25) is 0 Å². The molecule has 98 valence electrons. The molecule has 0 saturated carbocycles. The van der Waals surface area contributed by atoms with Crippen LogP contribution in [0.25, 0.3) is 0 Å². The third kappa shape index (κ3) is 3.55. The summed E-state index contributed by atoms with van der Waals surface area (Å²) in [7, 11) is 0. The van der Waals surface area contributed by atoms with E-state index in [4.69, 9.17) is 5.11 Å². The molecular formula is C15H15NO3. The predicted octanol–water partition coefficient (Wildman–Crippen LogP) is 2.59. The zero-order chi connectivity index (χ0) is 13.7. The number of para-hydroxylation sites is 1. The van der Waals surface area contributed by atoms with Crippen molar-refractivity contribution in [1.29, 1.82) is 0 Å². The minimum Gasteiger partial charge on any atom is -0.508 e. The molecule has 4 heteroatoms. The molecule has 0 amide bonds. The van der Waals surface area contributed by atoms with E-state index in [0.717, 1.165) is 11.1 Å². The van der Waals surface area contributed by atoms with Crippen LogP contribution in [0.4, 0.5) is 0 Å². The molecule has 0 aliphatic carbocycles. The van der Waals surface area contributed by atoms with E-state index in [1.54, 1.807) is 36.7 Å². The molecule has 0 bridgehead atoms. The fourth-order valence-corrected chi connectivity index (χ4v) is 2.09. The van der Waals surface area contributed by atoms with Gasteiger partial charge < -0.3 is 10.2 Å². The number of carbonyl (C=O) groups is 1. The van der Waals surface area contributed by atoms with E-state index >= 15 is 0 Å². The van der Waals surface area contributed by atoms with Crippen molar-refractivity contribution in [1.82, 2.24) is 4.98 Å². The highest BCUT2D eigenvalue weighted by Crippen LogP contribution is 2.27. The molecule has 1 heterocycles. The second-order valence-electron chi connectivity index (χ2n) is 4.41. The second kappa shape index (κ2) is 6.00. The van der Waals surface area contributed by atoms with E-state index in [2.05, 4.69) is 4.98 Å². The summed E-state index contributed by atoms with van der Waals surface area (Å²) < 4.78 is 0. The molecule has 1 unspecified atom stereocenters. The third-order valence-electron chi connectivity index (χ3n) is 3.03. The van der Waals surface area contributed by atoms with Gasteiger partial charge in [0.1, 0.15) is 5.75 Å². The van der Waals surface area contributed by atoms with Gasteiger partial charge in [-0.15, -0.1) is 0 Å². The molecule has 2 rings (SSSR count). The standard InChI is InChI=1S/C15H15NO3/c17-14-6-2-1-4-11(14)8-13(9-15(18)19)12-5-3-7-16-10-12/h1-7,10,13,17H,8-9H2,(H,18,19). The fourth-order valence-electron chi connectivity index (χ4n) is 2.09. The number of hydrogen-bond acceptors (Lipinski definition) is 3. The number of carboxylic acids is 1. The Bertz CT molecular complexity index is 554. The van der Waals surface area contributed by atoms with Crippen LogP contribution in [0.1, 0.15) is 23.5 Å². The Kier molecular flexibility index (Phi) is 4.13. The van der Waals surface area contributed by atoms with E-state index in [9.17, 15) is 9.90 Å². The maximum absolute atomic E-state index is 11.0. The number of benzene rings is 1. The molecule has 0 aliphatic heterocycles. The van der Waals surface area contributed by atoms with E-state index < -0.39 is 5.97 Å². The van der Waals surface area contributed by atoms with Gasteiger partial charge in [-0.1, -0.05) is 24.3 Å². The Balaban J connectivity index is 2.24. The van der Waals surface area contributed by atoms with Crippen LogP contribution in [0.15, 0.2) is 48.8 Å². The SMILES string of the molecule is O=C(O)CC(Cc1ccccc1O)c1cccnc1. The zero-order valence-electron chi connectivity index (χ0n) is 10.4. The van der Waals surface area contributed by atoms with Gasteiger partial charge >= 0.3 is 5.97 Å². The number of nitrogens with zero attached hydrogens (tertiary/aromatic N) is 1. The summed E-state index contributed by atoms with van der Waals surface area (Å²) in [6.07, 6.45) is 3.82. The number of carboxylic acid groups (broad SMARTS) is 1. The first-order chi connectivity index (χ1) is 9.16. The van der Waals surface area contributed by atoms with E-state index in [-0.39, 0.29) is 18.1 Å². The summed E-state index contributed by atoms with van der Waals surface area (Å²) in [6, 6.07) is 10.6. The lowest BCUT2D eigenvalue weighted by atomic mass is 9.90. The highest BCUT2D eigenvalue weighted by Gasteiger charge is 2.17. The average molecular weight is 257 g/mol. The highest BCUT2D eigenvalue weighted by molar-refractivity contribution is 5.68. The summed E-state index contributed by atoms with van der Waals surface area (Å²) in [6.45, 7) is 0. The Morgan fingerprint density at radius 2 is 2.00 bits per heavy atom. The van der Waals surface area contributed by atoms with Gasteiger partial charge in [0, 0.05) is 12.4 Å². The molecular weight excluding hydrogens is 242 g/mol. The quantitative estimate of drug-likeness (QED) is 0.863. The average Bonchev–Trinajstić information content (AvgIpc) is 2.41. The van der Waals surface area contributed by atoms with Gasteiger partial charge in [0.05, 0.1) is 6.42 Å². The van der Waals surface area contributed by atoms with Crippen molar-refractivity contribution < 1.29 is 15.0 Å². The molecule has 1 aromatic heterocycles. The van der Waals surface area contributed by atoms with Crippen LogP contribution in [-0.2, 0) is 11.2 Å². The second-order valence-corrected chi connectivity index (χ2v) is 4.41. The maximum Gasteiger partial charge on any atom is 0.303 e. The maximum atomic E-state index is 11.0. The number of aliphatic carboxylic acids is 1. The molecule has 0 fully saturated rings. The summed E-state index contributed by atoms with van der Waals surface area (Å²) >= 11 is 0. The lowest BCUT2D eigenvalue weighted by Gasteiger charge is -2.15. The van der Waals surface area contributed by atoms with Crippen LogP contribution in [0.5, 0.6) is 5.75 Å². The van der Waals surface area contributed by atoms with E-state index in [0.29, 0.717) is 6.42 Å². The Hall–Kier alpha value is -2.36. The summed E-state index contributed by atoms with van der Waals surface area (Å²) in [5.74, 6) is -0.856. The molecule has 0 aliphatic rings. The van der Waals surface area contributed by atoms with Crippen LogP contribution < -0.4 is 0 Å². The normalized spacial score (nSPS) is 12.0. The van der Waals surface area contributed by atoms with Gasteiger partial charge in [-0.2, -0.15) is 0 Å². The van der Waals surface area contributed by atoms with Crippen LogP contribution in [0.3, 0.4) is 0 Å². The summed E-state index contributed by atoms with van der Waals surface area (Å²) in [5.41, 5.74) is 1.62. The van der Waals surface area contributed by atoms with Crippen molar-refractivity contribution >= 4 is 5.97 Å². The zero-order valence-corrected chi connectivity index (χ0v) is 10.4. The molecule has 0 radical (unpaired) electrons. The topological polar surface area (TPSA) is 70.4 Å². The smallest absolute Gasteiger partial charge is 0.303 e. The van der Waals surface area contributed by atoms with Crippen LogP contribution in [0.2, 0.25) is 0 Å². The number of hydrogen-bond donors (Lipinski definition) is 2. The van der Waals surface area contributed by atoms with E-state index in [1.165, 1.54) is 0 Å². The Morgan fingerprint density at radius 3 is 2.63 bits per heavy atom. The summed E-state index contributed by atoms with van der Waals surface area (Å²) in [4.78, 5) is 15.0. The molecule has 2 aromatic rings. The minimum atomic E-state index is -0.857. The highest BCUT2D eigenvalue weighted by atomic mass is 16.4. The van der Waals surface area contributed by atoms with Gasteiger partial charge in [-0.25, -0.2) is 0 Å². The van der Waals surface area contributed by atoms with Gasteiger partial charge in [0.15, 0.2) is 0 Å². The van der Waals surface area contributed by atoms with Crippen molar-refractivity contribution in [3.8, 4) is 5.75 Å². The van der Waals surface area contributed by atoms with Crippen LogP contribution >= 0.6 is 0 Å². The largest absolute Gasteiger partial charge is 0.508 e. The first-order valence-electron chi connectivity index (χ1n) is 6.05. The molecule has 1 aromatic carbocycles. The number of pyridine rings is 1. The van der Waals surface area contributed by atoms with Crippen LogP contribution in [-0.4, -0.2) is 21.2 Å². The number of phenols is 1. The lowest BCUT2D eigenvalue weighted by molar-refractivity contribution is -0.137. The third-order valence-corrected chi connectivity index (χ3v) is 3.03. The van der Waals surface area contributed by atoms with Crippen molar-refractivity contribution in [2.45, 2.75) is 18.8 Å². The van der Waals surface area contributed by atoms with E-state index in [1.807, 2.05) is 12.1 Å². The number of aromatic hydroxyl groups is 1. The lowest BCUT2D eigenvalue weighted by Crippen LogP contribution is -2.09. The van der Waals surface area contributed by atoms with Crippen molar-refractivity contribution in [3.05, 3.63) is 59.9 Å². The Morgan fingerprint density at radius 1 is 1.21 bits per heavy atom. The van der Waals surface area contributed by atoms with Crippen molar-refractivity contribution in [3.63, 3.8) is 0 Å². The first-order valence-corrected chi connectivity index (χ1v) is 6.05. The Labute approximate surface area is 111 Å². The molecule has 2 N–H and O–H groups in total. The molecule has 19 heavy (non-hydrogen) atoms. The number of rotatable bonds is 5. The van der Waals surface area contributed by atoms with Gasteiger partial charge in [0.25, 0.3) is 0 Å². The molecule has 1 atom stereocenters. The van der Waals surface area contributed by atoms with Crippen molar-refractivity contribution in [2.24, 2.45) is 0 Å². The minimum absolute atomic E-state index is 0.0139. The molecule has 0 saturated heterocycles.